The molecule has 0 radical (unpaired) electrons. The van der Waals surface area contributed by atoms with Crippen molar-refractivity contribution < 1.29 is 26.7 Å². The van der Waals surface area contributed by atoms with Crippen molar-refractivity contribution in [3.63, 3.8) is 0 Å². The zero-order chi connectivity index (χ0) is 19.7. The molecule has 2 rings (SSSR count). The molecule has 0 aliphatic carbocycles. The highest BCUT2D eigenvalue weighted by Crippen LogP contribution is 2.27. The van der Waals surface area contributed by atoms with E-state index in [0.29, 0.717) is 5.56 Å². The highest BCUT2D eigenvalue weighted by atomic mass is 32.3. The van der Waals surface area contributed by atoms with Crippen LogP contribution in [0.15, 0.2) is 46.2 Å². The zero-order valence-corrected chi connectivity index (χ0v) is 16.1. The second-order valence-corrected chi connectivity index (χ2v) is 9.84. The molecule has 0 saturated heterocycles. The molecule has 0 saturated carbocycles. The number of aryl methyl sites for hydroxylation is 3. The normalized spacial score (nSPS) is 11.8. The Labute approximate surface area is 152 Å². The minimum absolute atomic E-state index is 0.0303. The second-order valence-electron chi connectivity index (χ2n) is 5.91. The van der Waals surface area contributed by atoms with Crippen LogP contribution in [0.2, 0.25) is 0 Å². The Balaban J connectivity index is 2.76. The van der Waals surface area contributed by atoms with E-state index in [1.54, 1.807) is 19.9 Å². The van der Waals surface area contributed by atoms with Gasteiger partial charge in [0.2, 0.25) is 0 Å². The molecule has 0 aromatic heterocycles. The van der Waals surface area contributed by atoms with Crippen LogP contribution < -0.4 is 0 Å². The standard InChI is InChI=1S/C17H18N2O5S2/c1-11-4-6-15(7-5-11)25(21,22)17(19-18)26(23,24)16-13(3)8-12(2)9-14(16)10-20/h4-9,20H,10H2,1-3H3. The van der Waals surface area contributed by atoms with Crippen LogP contribution in [0.3, 0.4) is 0 Å². The van der Waals surface area contributed by atoms with Gasteiger partial charge in [0.25, 0.3) is 19.7 Å². The molecule has 7 nitrogen and oxygen atoms in total. The Kier molecular flexibility index (Phi) is 5.48. The lowest BCUT2D eigenvalue weighted by atomic mass is 10.1. The van der Waals surface area contributed by atoms with Gasteiger partial charge in [0, 0.05) is 0 Å². The summed E-state index contributed by atoms with van der Waals surface area (Å²) in [5, 5.41) is 9.52. The number of rotatable bonds is 3. The summed E-state index contributed by atoms with van der Waals surface area (Å²) in [6.45, 7) is 4.33. The smallest absolute Gasteiger partial charge is 0.392 e. The molecule has 0 fully saturated rings. The first-order valence-electron chi connectivity index (χ1n) is 7.55. The molecule has 1 N–H and O–H groups in total. The molecule has 2 aromatic rings. The number of hydrogen-bond donors (Lipinski definition) is 1. The molecule has 9 heteroatoms. The number of sulfone groups is 2. The van der Waals surface area contributed by atoms with E-state index < -0.39 is 30.7 Å². The van der Waals surface area contributed by atoms with E-state index in [0.717, 1.165) is 5.56 Å². The fourth-order valence-electron chi connectivity index (χ4n) is 2.70. The van der Waals surface area contributed by atoms with E-state index in [2.05, 4.69) is 4.79 Å². The number of aliphatic hydroxyl groups excluding tert-OH is 1. The van der Waals surface area contributed by atoms with E-state index >= 15 is 0 Å². The monoisotopic (exact) mass is 394 g/mol. The van der Waals surface area contributed by atoms with Crippen molar-refractivity contribution in [1.29, 1.82) is 0 Å². The van der Waals surface area contributed by atoms with Crippen LogP contribution in [0.4, 0.5) is 0 Å². The average Bonchev–Trinajstić information content (AvgIpc) is 2.54. The molecule has 2 aromatic carbocycles. The Morgan fingerprint density at radius 1 is 0.962 bits per heavy atom. The van der Waals surface area contributed by atoms with Gasteiger partial charge in [0.05, 0.1) is 16.4 Å². The Bertz CT molecular complexity index is 1110. The average molecular weight is 394 g/mol. The third-order valence-corrected chi connectivity index (χ3v) is 8.22. The molecule has 0 aliphatic rings. The topological polar surface area (TPSA) is 125 Å². The minimum atomic E-state index is -4.71. The van der Waals surface area contributed by atoms with Crippen LogP contribution >= 0.6 is 0 Å². The van der Waals surface area contributed by atoms with E-state index in [1.165, 1.54) is 37.3 Å². The minimum Gasteiger partial charge on any atom is -0.392 e. The highest BCUT2D eigenvalue weighted by Gasteiger charge is 2.45. The van der Waals surface area contributed by atoms with Crippen LogP contribution in [-0.2, 0) is 26.3 Å². The van der Waals surface area contributed by atoms with Gasteiger partial charge in [0.1, 0.15) is 0 Å². The molecule has 138 valence electrons. The van der Waals surface area contributed by atoms with Gasteiger partial charge in [-0.05, 0) is 44.0 Å². The number of nitrogens with zero attached hydrogens (tertiary/aromatic N) is 2. The molecule has 0 unspecified atom stereocenters. The number of benzene rings is 2. The third-order valence-electron chi connectivity index (χ3n) is 3.81. The van der Waals surface area contributed by atoms with E-state index in [9.17, 15) is 27.5 Å². The summed E-state index contributed by atoms with van der Waals surface area (Å²) in [4.78, 5) is 1.91. The second kappa shape index (κ2) is 7.13. The Morgan fingerprint density at radius 2 is 1.54 bits per heavy atom. The zero-order valence-electron chi connectivity index (χ0n) is 14.5. The maximum absolute atomic E-state index is 13.0. The summed E-state index contributed by atoms with van der Waals surface area (Å²) in [6, 6.07) is 8.46. The fraction of sp³-hybridized carbons (Fsp3) is 0.235. The predicted molar refractivity (Wildman–Crippen MR) is 96.0 cm³/mol. The van der Waals surface area contributed by atoms with Crippen LogP contribution in [0.1, 0.15) is 22.3 Å². The molecule has 0 spiro atoms. The van der Waals surface area contributed by atoms with Gasteiger partial charge in [-0.15, -0.1) is 4.79 Å². The first-order valence-corrected chi connectivity index (χ1v) is 10.5. The molecule has 0 amide bonds. The molecule has 0 heterocycles. The van der Waals surface area contributed by atoms with Gasteiger partial charge in [-0.2, -0.15) is 0 Å². The van der Waals surface area contributed by atoms with E-state index in [1.807, 2.05) is 0 Å². The summed E-state index contributed by atoms with van der Waals surface area (Å²) in [7, 11) is -9.30. The maximum Gasteiger partial charge on any atom is 0.504 e. The van der Waals surface area contributed by atoms with E-state index in [4.69, 9.17) is 0 Å². The molecular formula is C17H18N2O5S2. The Morgan fingerprint density at radius 3 is 2.04 bits per heavy atom. The summed E-state index contributed by atoms with van der Waals surface area (Å²) < 4.78 is 50.1. The SMILES string of the molecule is Cc1ccc(S(=O)(=O)C(=[N+]=[N-])S(=O)(=O)c2c(C)cc(C)cc2CO)cc1. The van der Waals surface area contributed by atoms with Crippen molar-refractivity contribution in [2.24, 2.45) is 0 Å². The van der Waals surface area contributed by atoms with Gasteiger partial charge < -0.3 is 10.6 Å². The molecule has 0 aliphatic heterocycles. The fourth-order valence-corrected chi connectivity index (χ4v) is 6.43. The van der Waals surface area contributed by atoms with Crippen molar-refractivity contribution in [1.82, 2.24) is 0 Å². The van der Waals surface area contributed by atoms with Gasteiger partial charge >= 0.3 is 4.38 Å². The van der Waals surface area contributed by atoms with Gasteiger partial charge in [0.15, 0.2) is 0 Å². The van der Waals surface area contributed by atoms with Crippen LogP contribution in [-0.4, -0.2) is 31.1 Å². The lowest BCUT2D eigenvalue weighted by Crippen LogP contribution is -2.27. The number of aliphatic hydroxyl groups is 1. The first-order chi connectivity index (χ1) is 12.1. The lowest BCUT2D eigenvalue weighted by molar-refractivity contribution is 0.00379. The van der Waals surface area contributed by atoms with Crippen LogP contribution in [0.5, 0.6) is 0 Å². The lowest BCUT2D eigenvalue weighted by Gasteiger charge is -2.11. The van der Waals surface area contributed by atoms with Gasteiger partial charge in [-0.3, -0.25) is 0 Å². The van der Waals surface area contributed by atoms with Crippen molar-refractivity contribution in [3.8, 4) is 0 Å². The van der Waals surface area contributed by atoms with Gasteiger partial charge in [-0.1, -0.05) is 35.4 Å². The van der Waals surface area contributed by atoms with Crippen molar-refractivity contribution in [2.45, 2.75) is 37.2 Å². The third kappa shape index (κ3) is 3.47. The maximum atomic E-state index is 13.0. The van der Waals surface area contributed by atoms with Crippen molar-refractivity contribution in [3.05, 3.63) is 64.2 Å². The van der Waals surface area contributed by atoms with Crippen LogP contribution in [0, 0.1) is 20.8 Å². The first kappa shape index (κ1) is 20.0. The summed E-state index contributed by atoms with van der Waals surface area (Å²) in [5.41, 5.74) is 11.0. The molecule has 0 atom stereocenters. The number of hydrogen-bond acceptors (Lipinski definition) is 5. The van der Waals surface area contributed by atoms with Crippen LogP contribution in [0.25, 0.3) is 5.53 Å². The predicted octanol–water partition coefficient (Wildman–Crippen LogP) is 1.94. The summed E-state index contributed by atoms with van der Waals surface area (Å²) in [5.74, 6) is 0. The summed E-state index contributed by atoms with van der Waals surface area (Å²) in [6.07, 6.45) is 0. The molecular weight excluding hydrogens is 376 g/mol. The Hall–Kier alpha value is -2.32. The van der Waals surface area contributed by atoms with Crippen molar-refractivity contribution in [2.75, 3.05) is 0 Å². The van der Waals surface area contributed by atoms with Crippen molar-refractivity contribution >= 4 is 24.1 Å². The van der Waals surface area contributed by atoms with Gasteiger partial charge in [-0.25, -0.2) is 16.8 Å². The molecule has 0 bridgehead atoms. The largest absolute Gasteiger partial charge is 0.504 e. The quantitative estimate of drug-likeness (QED) is 0.368. The highest BCUT2D eigenvalue weighted by molar-refractivity contribution is 8.31. The van der Waals surface area contributed by atoms with E-state index in [-0.39, 0.29) is 20.9 Å². The summed E-state index contributed by atoms with van der Waals surface area (Å²) >= 11 is 0. The molecule has 26 heavy (non-hydrogen) atoms.